The van der Waals surface area contributed by atoms with Crippen molar-refractivity contribution in [1.82, 2.24) is 29.6 Å². The summed E-state index contributed by atoms with van der Waals surface area (Å²) in [4.78, 5) is 14.2. The number of nitrogens with zero attached hydrogens (tertiary/aromatic N) is 8. The second-order valence-electron chi connectivity index (χ2n) is 13.9. The van der Waals surface area contributed by atoms with E-state index in [1.165, 1.54) is 41.9 Å². The number of H-pyrrole nitrogens is 1. The van der Waals surface area contributed by atoms with Crippen LogP contribution in [0, 0.1) is 18.3 Å². The number of nitriles is 1. The van der Waals surface area contributed by atoms with Crippen molar-refractivity contribution in [2.45, 2.75) is 60.6 Å². The van der Waals surface area contributed by atoms with Crippen molar-refractivity contribution in [3.8, 4) is 17.5 Å². The molecule has 0 atom stereocenters. The van der Waals surface area contributed by atoms with Crippen LogP contribution in [0.1, 0.15) is 60.3 Å². The third kappa shape index (κ3) is 9.13. The first-order chi connectivity index (χ1) is 27.6. The van der Waals surface area contributed by atoms with Crippen LogP contribution in [-0.4, -0.2) is 81.6 Å². The van der Waals surface area contributed by atoms with E-state index in [2.05, 4.69) is 35.2 Å². The number of aromatic amines is 1. The van der Waals surface area contributed by atoms with Gasteiger partial charge in [-0.1, -0.05) is 26.8 Å². The number of carboxylic acids is 1. The SMILES string of the molecule is Cc1nn(-c2cc(S(=O)(=O)O)ccc2S(=O)(=O)O)c(N=Nc2c(C(C)(C)C)[nH]n3nc(CCCOc4ccc(NS(=O)(=O)c5cccc(C(=O)O)c5)cc4)nc23)c1C#N. The molecule has 0 saturated carbocycles. The Hall–Kier alpha value is -6.52. The number of rotatable bonds is 14. The normalized spacial score (nSPS) is 12.6. The van der Waals surface area contributed by atoms with Crippen molar-refractivity contribution in [2.24, 2.45) is 10.2 Å². The Morgan fingerprint density at radius 3 is 2.29 bits per heavy atom. The highest BCUT2D eigenvalue weighted by molar-refractivity contribution is 7.92. The first-order valence-corrected chi connectivity index (χ1v) is 21.5. The maximum Gasteiger partial charge on any atom is 0.335 e. The number of azo groups is 1. The molecule has 0 bridgehead atoms. The molecule has 3 aromatic heterocycles. The van der Waals surface area contributed by atoms with Gasteiger partial charge in [0.2, 0.25) is 5.65 Å². The number of nitrogens with one attached hydrogen (secondary N) is 2. The highest BCUT2D eigenvalue weighted by Gasteiger charge is 2.28. The van der Waals surface area contributed by atoms with Crippen molar-refractivity contribution in [2.75, 3.05) is 11.3 Å². The molecule has 0 aliphatic carbocycles. The predicted molar refractivity (Wildman–Crippen MR) is 207 cm³/mol. The van der Waals surface area contributed by atoms with Crippen molar-refractivity contribution in [1.29, 1.82) is 5.26 Å². The summed E-state index contributed by atoms with van der Waals surface area (Å²) in [6.07, 6.45) is 0.796. The zero-order chi connectivity index (χ0) is 43.1. The van der Waals surface area contributed by atoms with E-state index in [0.29, 0.717) is 30.1 Å². The molecule has 0 spiro atoms. The van der Waals surface area contributed by atoms with Gasteiger partial charge in [-0.2, -0.15) is 31.8 Å². The van der Waals surface area contributed by atoms with Crippen molar-refractivity contribution in [3.05, 3.63) is 95.1 Å². The van der Waals surface area contributed by atoms with Gasteiger partial charge in [0, 0.05) is 17.5 Å². The molecular formula is C35H34N10O11S3. The number of sulfonamides is 1. The minimum atomic E-state index is -4.99. The van der Waals surface area contributed by atoms with E-state index in [0.717, 1.165) is 28.9 Å². The van der Waals surface area contributed by atoms with Crippen LogP contribution in [0.4, 0.5) is 17.2 Å². The minimum absolute atomic E-state index is 0.0588. The van der Waals surface area contributed by atoms with E-state index in [1.807, 2.05) is 26.8 Å². The third-order valence-electron chi connectivity index (χ3n) is 8.51. The quantitative estimate of drug-likeness (QED) is 0.0538. The van der Waals surface area contributed by atoms with Crippen LogP contribution in [0.3, 0.4) is 0 Å². The molecule has 308 valence electrons. The van der Waals surface area contributed by atoms with Gasteiger partial charge in [-0.3, -0.25) is 18.9 Å². The van der Waals surface area contributed by atoms with Crippen LogP contribution >= 0.6 is 0 Å². The standard InChI is InChI=1S/C35H34N10O11S3/c1-20-26(19-36)32(44(40-20)27-18-25(58(50,51)52)14-15-28(27)59(53,54)55)39-38-30-31(35(2,3)4)42-45-33(30)37-29(41-45)9-6-16-56-23-12-10-22(11-13-23)43-57(48,49)24-8-5-7-21(17-24)34(46)47/h5,7-8,10-15,17-18,42-43H,6,9,16H2,1-4H3,(H,46,47)(H,50,51,52)(H,53,54,55). The van der Waals surface area contributed by atoms with Gasteiger partial charge < -0.3 is 9.84 Å². The largest absolute Gasteiger partial charge is 0.494 e. The van der Waals surface area contributed by atoms with Gasteiger partial charge in [0.25, 0.3) is 30.3 Å². The van der Waals surface area contributed by atoms with Gasteiger partial charge in [-0.05, 0) is 74.0 Å². The Bertz CT molecular complexity index is 3030. The number of anilines is 1. The molecule has 24 heteroatoms. The highest BCUT2D eigenvalue weighted by atomic mass is 32.2. The van der Waals surface area contributed by atoms with Gasteiger partial charge in [-0.25, -0.2) is 22.9 Å². The molecule has 21 nitrogen and oxygen atoms in total. The molecule has 0 saturated heterocycles. The van der Waals surface area contributed by atoms with Crippen LogP contribution in [0.2, 0.25) is 0 Å². The number of hydrogen-bond donors (Lipinski definition) is 5. The Labute approximate surface area is 336 Å². The summed E-state index contributed by atoms with van der Waals surface area (Å²) < 4.78 is 104. The fourth-order valence-corrected chi connectivity index (χ4v) is 7.93. The summed E-state index contributed by atoms with van der Waals surface area (Å²) in [7, 11) is -13.9. The molecule has 0 amide bonds. The summed E-state index contributed by atoms with van der Waals surface area (Å²) in [6.45, 7) is 7.29. The summed E-state index contributed by atoms with van der Waals surface area (Å²) in [5, 5.41) is 39.7. The number of aryl methyl sites for hydroxylation is 2. The molecular weight excluding hydrogens is 833 g/mol. The first-order valence-electron chi connectivity index (χ1n) is 17.1. The molecule has 0 radical (unpaired) electrons. The Balaban J connectivity index is 1.21. The molecule has 6 rings (SSSR count). The second-order valence-corrected chi connectivity index (χ2v) is 18.3. The van der Waals surface area contributed by atoms with Gasteiger partial charge in [0.05, 0.1) is 39.0 Å². The summed E-state index contributed by atoms with van der Waals surface area (Å²) >= 11 is 0. The van der Waals surface area contributed by atoms with Crippen LogP contribution in [0.5, 0.6) is 5.75 Å². The lowest BCUT2D eigenvalue weighted by Crippen LogP contribution is -2.13. The van der Waals surface area contributed by atoms with Crippen molar-refractivity contribution in [3.63, 3.8) is 0 Å². The monoisotopic (exact) mass is 866 g/mol. The number of aromatic nitrogens is 6. The number of carbonyl (C=O) groups is 1. The lowest BCUT2D eigenvalue weighted by molar-refractivity contribution is 0.0696. The van der Waals surface area contributed by atoms with Gasteiger partial charge in [0.15, 0.2) is 17.3 Å². The highest BCUT2D eigenvalue weighted by Crippen LogP contribution is 2.37. The number of hydrogen-bond acceptors (Lipinski definition) is 14. The molecule has 59 heavy (non-hydrogen) atoms. The first kappa shape index (κ1) is 42.1. The van der Waals surface area contributed by atoms with E-state index in [9.17, 15) is 49.5 Å². The smallest absolute Gasteiger partial charge is 0.335 e. The fourth-order valence-electron chi connectivity index (χ4n) is 5.67. The zero-order valence-electron chi connectivity index (χ0n) is 31.4. The van der Waals surface area contributed by atoms with E-state index in [1.54, 1.807) is 12.1 Å². The van der Waals surface area contributed by atoms with Gasteiger partial charge >= 0.3 is 5.97 Å². The van der Waals surface area contributed by atoms with E-state index >= 15 is 0 Å². The lowest BCUT2D eigenvalue weighted by atomic mass is 9.91. The Morgan fingerprint density at radius 2 is 1.66 bits per heavy atom. The van der Waals surface area contributed by atoms with Crippen LogP contribution in [0.25, 0.3) is 11.3 Å². The maximum atomic E-state index is 12.8. The second kappa shape index (κ2) is 15.7. The average Bonchev–Trinajstić information content (AvgIpc) is 3.82. The summed E-state index contributed by atoms with van der Waals surface area (Å²) in [5.41, 5.74) is -0.177. The average molecular weight is 867 g/mol. The fraction of sp³-hybridized carbons (Fsp3) is 0.229. The van der Waals surface area contributed by atoms with Crippen molar-refractivity contribution >= 4 is 59.1 Å². The lowest BCUT2D eigenvalue weighted by Gasteiger charge is -2.16. The number of carboxylic acid groups (broad SMARTS) is 1. The third-order valence-corrected chi connectivity index (χ3v) is 11.6. The topological polar surface area (TPSA) is 314 Å². The molecule has 5 N–H and O–H groups in total. The molecule has 3 heterocycles. The molecule has 0 aliphatic heterocycles. The van der Waals surface area contributed by atoms with Crippen LogP contribution in [0.15, 0.2) is 91.6 Å². The molecule has 0 fully saturated rings. The van der Waals surface area contributed by atoms with Crippen LogP contribution < -0.4 is 9.46 Å². The van der Waals surface area contributed by atoms with E-state index in [4.69, 9.17) is 4.74 Å². The summed E-state index contributed by atoms with van der Waals surface area (Å²) in [5.74, 6) is -0.738. The summed E-state index contributed by atoms with van der Waals surface area (Å²) in [6, 6.07) is 15.3. The minimum Gasteiger partial charge on any atom is -0.494 e. The zero-order valence-corrected chi connectivity index (χ0v) is 33.8. The number of fused-ring (bicyclic) bond motifs is 1. The Kier molecular flexibility index (Phi) is 11.2. The predicted octanol–water partition coefficient (Wildman–Crippen LogP) is 5.14. The van der Waals surface area contributed by atoms with Gasteiger partial charge in [-0.15, -0.1) is 15.3 Å². The van der Waals surface area contributed by atoms with E-state index in [-0.39, 0.29) is 51.2 Å². The Morgan fingerprint density at radius 1 is 0.949 bits per heavy atom. The number of aromatic carboxylic acids is 1. The molecule has 0 aliphatic rings. The number of benzene rings is 3. The van der Waals surface area contributed by atoms with Gasteiger partial charge in [0.1, 0.15) is 22.3 Å². The van der Waals surface area contributed by atoms with Crippen molar-refractivity contribution < 1.29 is 49.0 Å². The molecule has 6 aromatic rings. The van der Waals surface area contributed by atoms with E-state index < -0.39 is 57.1 Å². The number of ether oxygens (including phenoxy) is 1. The van der Waals surface area contributed by atoms with Crippen LogP contribution in [-0.2, 0) is 42.1 Å². The molecule has 0 unspecified atom stereocenters. The molecule has 3 aromatic carbocycles. The maximum absolute atomic E-state index is 12.8.